The minimum Gasteiger partial charge on any atom is -0.497 e. The fourth-order valence-corrected chi connectivity index (χ4v) is 1.78. The lowest BCUT2D eigenvalue weighted by Crippen LogP contribution is -2.12. The highest BCUT2D eigenvalue weighted by Gasteiger charge is 2.09. The van der Waals surface area contributed by atoms with Crippen LogP contribution in [-0.4, -0.2) is 18.0 Å². The Kier molecular flexibility index (Phi) is 4.11. The van der Waals surface area contributed by atoms with Gasteiger partial charge in [-0.25, -0.2) is 4.98 Å². The molecule has 0 saturated carbocycles. The summed E-state index contributed by atoms with van der Waals surface area (Å²) >= 11 is 3.33. The van der Waals surface area contributed by atoms with E-state index in [-0.39, 0.29) is 11.5 Å². The summed E-state index contributed by atoms with van der Waals surface area (Å²) in [4.78, 5) is 15.4. The van der Waals surface area contributed by atoms with E-state index in [2.05, 4.69) is 26.2 Å². The standard InChI is InChI=1S/C13H10BrFN2O2/c1-19-9-3-4-10(14)11(6-9)17-13(18)8-2-5-12(15)16-7-8/h2-7H,1H3,(H,17,18). The number of nitrogens with one attached hydrogen (secondary N) is 1. The molecule has 0 unspecified atom stereocenters. The van der Waals surface area contributed by atoms with Crippen molar-refractivity contribution in [3.05, 3.63) is 52.5 Å². The van der Waals surface area contributed by atoms with Gasteiger partial charge in [0, 0.05) is 16.7 Å². The molecule has 0 aliphatic carbocycles. The molecule has 0 aliphatic rings. The van der Waals surface area contributed by atoms with Crippen LogP contribution in [-0.2, 0) is 0 Å². The quantitative estimate of drug-likeness (QED) is 0.882. The Balaban J connectivity index is 2.21. The Morgan fingerprint density at radius 1 is 1.37 bits per heavy atom. The number of methoxy groups -OCH3 is 1. The third kappa shape index (κ3) is 3.29. The van der Waals surface area contributed by atoms with Crippen LogP contribution in [0, 0.1) is 5.95 Å². The van der Waals surface area contributed by atoms with Gasteiger partial charge in [-0.2, -0.15) is 4.39 Å². The SMILES string of the molecule is COc1ccc(Br)c(NC(=O)c2ccc(F)nc2)c1. The summed E-state index contributed by atoms with van der Waals surface area (Å²) in [7, 11) is 1.54. The van der Waals surface area contributed by atoms with E-state index < -0.39 is 5.95 Å². The van der Waals surface area contributed by atoms with Crippen molar-refractivity contribution in [2.75, 3.05) is 12.4 Å². The molecule has 98 valence electrons. The third-order valence-electron chi connectivity index (χ3n) is 2.41. The zero-order chi connectivity index (χ0) is 13.8. The van der Waals surface area contributed by atoms with Gasteiger partial charge in [0.15, 0.2) is 0 Å². The second-order valence-electron chi connectivity index (χ2n) is 3.67. The molecular formula is C13H10BrFN2O2. The Labute approximate surface area is 117 Å². The smallest absolute Gasteiger partial charge is 0.257 e. The number of amides is 1. The molecule has 1 amide bonds. The number of benzene rings is 1. The van der Waals surface area contributed by atoms with Gasteiger partial charge in [0.1, 0.15) is 5.75 Å². The fraction of sp³-hybridized carbons (Fsp3) is 0.0769. The van der Waals surface area contributed by atoms with Gasteiger partial charge >= 0.3 is 0 Å². The van der Waals surface area contributed by atoms with Crippen LogP contribution in [0.25, 0.3) is 0 Å². The van der Waals surface area contributed by atoms with E-state index in [9.17, 15) is 9.18 Å². The predicted molar refractivity (Wildman–Crippen MR) is 72.8 cm³/mol. The van der Waals surface area contributed by atoms with Gasteiger partial charge in [-0.15, -0.1) is 0 Å². The second-order valence-corrected chi connectivity index (χ2v) is 4.52. The normalized spacial score (nSPS) is 10.1. The van der Waals surface area contributed by atoms with Crippen LogP contribution in [0.5, 0.6) is 5.75 Å². The summed E-state index contributed by atoms with van der Waals surface area (Å²) in [5.41, 5.74) is 0.838. The molecule has 4 nitrogen and oxygen atoms in total. The number of carbonyl (C=O) groups excluding carboxylic acids is 1. The van der Waals surface area contributed by atoms with Crippen molar-refractivity contribution in [2.24, 2.45) is 0 Å². The minimum atomic E-state index is -0.626. The van der Waals surface area contributed by atoms with Crippen LogP contribution in [0.3, 0.4) is 0 Å². The maximum atomic E-state index is 12.7. The number of anilines is 1. The van der Waals surface area contributed by atoms with E-state index in [1.54, 1.807) is 25.3 Å². The molecule has 1 N–H and O–H groups in total. The molecule has 0 bridgehead atoms. The fourth-order valence-electron chi connectivity index (χ4n) is 1.43. The molecule has 2 rings (SSSR count). The zero-order valence-corrected chi connectivity index (χ0v) is 11.6. The highest BCUT2D eigenvalue weighted by Crippen LogP contribution is 2.27. The summed E-state index contributed by atoms with van der Waals surface area (Å²) in [6.07, 6.45) is 1.18. The van der Waals surface area contributed by atoms with Gasteiger partial charge in [-0.1, -0.05) is 0 Å². The Hall–Kier alpha value is -1.95. The first kappa shape index (κ1) is 13.5. The molecule has 0 spiro atoms. The van der Waals surface area contributed by atoms with E-state index in [0.29, 0.717) is 11.4 Å². The van der Waals surface area contributed by atoms with Crippen molar-refractivity contribution < 1.29 is 13.9 Å². The summed E-state index contributed by atoms with van der Waals surface area (Å²) in [6.45, 7) is 0. The number of nitrogens with zero attached hydrogens (tertiary/aromatic N) is 1. The van der Waals surface area contributed by atoms with Crippen molar-refractivity contribution in [3.63, 3.8) is 0 Å². The molecule has 0 atom stereocenters. The van der Waals surface area contributed by atoms with E-state index in [1.807, 2.05) is 0 Å². The van der Waals surface area contributed by atoms with Crippen molar-refractivity contribution in [1.29, 1.82) is 0 Å². The van der Waals surface area contributed by atoms with E-state index in [4.69, 9.17) is 4.74 Å². The monoisotopic (exact) mass is 324 g/mol. The van der Waals surface area contributed by atoms with E-state index in [1.165, 1.54) is 12.3 Å². The topological polar surface area (TPSA) is 51.2 Å². The van der Waals surface area contributed by atoms with Crippen molar-refractivity contribution in [3.8, 4) is 5.75 Å². The molecule has 6 heteroatoms. The molecule has 0 fully saturated rings. The number of ether oxygens (including phenoxy) is 1. The minimum absolute atomic E-state index is 0.274. The molecule has 1 aromatic heterocycles. The van der Waals surface area contributed by atoms with Crippen LogP contribution in [0.2, 0.25) is 0 Å². The molecular weight excluding hydrogens is 315 g/mol. The number of halogens is 2. The molecule has 19 heavy (non-hydrogen) atoms. The van der Waals surface area contributed by atoms with Crippen LogP contribution >= 0.6 is 15.9 Å². The lowest BCUT2D eigenvalue weighted by Gasteiger charge is -2.09. The van der Waals surface area contributed by atoms with Crippen molar-refractivity contribution in [1.82, 2.24) is 4.98 Å². The average molecular weight is 325 g/mol. The average Bonchev–Trinajstić information content (AvgIpc) is 2.42. The maximum Gasteiger partial charge on any atom is 0.257 e. The summed E-state index contributed by atoms with van der Waals surface area (Å²) in [5, 5.41) is 2.69. The number of carbonyl (C=O) groups is 1. The predicted octanol–water partition coefficient (Wildman–Crippen LogP) is 3.24. The molecule has 0 saturated heterocycles. The van der Waals surface area contributed by atoms with Gasteiger partial charge in [0.2, 0.25) is 5.95 Å². The second kappa shape index (κ2) is 5.79. The largest absolute Gasteiger partial charge is 0.497 e. The lowest BCUT2D eigenvalue weighted by molar-refractivity contribution is 0.102. The van der Waals surface area contributed by atoms with Gasteiger partial charge < -0.3 is 10.1 Å². The molecule has 1 aromatic carbocycles. The van der Waals surface area contributed by atoms with Crippen molar-refractivity contribution in [2.45, 2.75) is 0 Å². The Bertz CT molecular complexity index is 602. The molecule has 1 heterocycles. The third-order valence-corrected chi connectivity index (χ3v) is 3.10. The van der Waals surface area contributed by atoms with Gasteiger partial charge in [0.05, 0.1) is 18.4 Å². The summed E-state index contributed by atoms with van der Waals surface area (Å²) in [6, 6.07) is 7.71. The Morgan fingerprint density at radius 3 is 2.79 bits per heavy atom. The van der Waals surface area contributed by atoms with Gasteiger partial charge in [-0.3, -0.25) is 4.79 Å². The van der Waals surface area contributed by atoms with E-state index >= 15 is 0 Å². The Morgan fingerprint density at radius 2 is 2.16 bits per heavy atom. The van der Waals surface area contributed by atoms with Crippen LogP contribution in [0.1, 0.15) is 10.4 Å². The first-order valence-electron chi connectivity index (χ1n) is 5.36. The van der Waals surface area contributed by atoms with Crippen LogP contribution in [0.15, 0.2) is 41.0 Å². The number of aromatic nitrogens is 1. The maximum absolute atomic E-state index is 12.7. The van der Waals surface area contributed by atoms with Crippen LogP contribution < -0.4 is 10.1 Å². The van der Waals surface area contributed by atoms with Crippen molar-refractivity contribution >= 4 is 27.5 Å². The lowest BCUT2D eigenvalue weighted by atomic mass is 10.2. The summed E-state index contributed by atoms with van der Waals surface area (Å²) < 4.78 is 18.5. The van der Waals surface area contributed by atoms with Gasteiger partial charge in [-0.05, 0) is 40.2 Å². The van der Waals surface area contributed by atoms with E-state index in [0.717, 1.165) is 10.5 Å². The number of pyridine rings is 1. The number of hydrogen-bond donors (Lipinski definition) is 1. The summed E-state index contributed by atoms with van der Waals surface area (Å²) in [5.74, 6) is -0.378. The number of rotatable bonds is 3. The number of hydrogen-bond acceptors (Lipinski definition) is 3. The highest BCUT2D eigenvalue weighted by molar-refractivity contribution is 9.10. The first-order valence-corrected chi connectivity index (χ1v) is 6.16. The molecule has 0 radical (unpaired) electrons. The highest BCUT2D eigenvalue weighted by atomic mass is 79.9. The molecule has 2 aromatic rings. The van der Waals surface area contributed by atoms with Gasteiger partial charge in [0.25, 0.3) is 5.91 Å². The van der Waals surface area contributed by atoms with Crippen LogP contribution in [0.4, 0.5) is 10.1 Å². The molecule has 0 aliphatic heterocycles. The first-order chi connectivity index (χ1) is 9.10. The zero-order valence-electron chi connectivity index (χ0n) is 9.98.